The Morgan fingerprint density at radius 1 is 1.15 bits per heavy atom. The summed E-state index contributed by atoms with van der Waals surface area (Å²) in [5.41, 5.74) is 1.08. The second-order valence-corrected chi connectivity index (χ2v) is 2.11. The minimum Gasteiger partial charge on any atom is -0.366 e. The maximum atomic E-state index is 3.56. The fraction of sp³-hybridized carbons (Fsp3) is 0.333. The molecule has 0 aliphatic heterocycles. The summed E-state index contributed by atoms with van der Waals surface area (Å²) in [6, 6.07) is 0. The van der Waals surface area contributed by atoms with Crippen molar-refractivity contribution in [3.63, 3.8) is 0 Å². The molecule has 0 aromatic rings. The Labute approximate surface area is 82.6 Å². The van der Waals surface area contributed by atoms with Crippen LogP contribution in [0.1, 0.15) is 27.7 Å². The fourth-order valence-electron chi connectivity index (χ4n) is 0.584. The van der Waals surface area contributed by atoms with Crippen molar-refractivity contribution in [2.24, 2.45) is 0 Å². The molecule has 0 rings (SSSR count). The Bertz CT molecular complexity index is 185. The van der Waals surface area contributed by atoms with Gasteiger partial charge in [0.05, 0.1) is 0 Å². The van der Waals surface area contributed by atoms with Crippen LogP contribution in [0.3, 0.4) is 0 Å². The SMILES string of the molecule is C=CN/C(C)=C/C=C\C=C\C.CC. The third-order valence-corrected chi connectivity index (χ3v) is 1.09. The third kappa shape index (κ3) is 13.7. The molecule has 0 unspecified atom stereocenters. The maximum Gasteiger partial charge on any atom is 0.0114 e. The Kier molecular flexibility index (Phi) is 14.7. The molecule has 0 aromatic heterocycles. The van der Waals surface area contributed by atoms with Gasteiger partial charge in [-0.25, -0.2) is 0 Å². The predicted octanol–water partition coefficient (Wildman–Crippen LogP) is 3.78. The van der Waals surface area contributed by atoms with Gasteiger partial charge in [0.2, 0.25) is 0 Å². The molecule has 0 saturated heterocycles. The fourth-order valence-corrected chi connectivity index (χ4v) is 0.584. The molecule has 0 fully saturated rings. The van der Waals surface area contributed by atoms with Crippen LogP contribution >= 0.6 is 0 Å². The Morgan fingerprint density at radius 3 is 2.23 bits per heavy atom. The molecule has 0 bridgehead atoms. The lowest BCUT2D eigenvalue weighted by Crippen LogP contribution is -1.98. The first kappa shape index (κ1) is 14.3. The van der Waals surface area contributed by atoms with Crippen LogP contribution < -0.4 is 5.32 Å². The second kappa shape index (κ2) is 13.4. The van der Waals surface area contributed by atoms with E-state index in [1.54, 1.807) is 6.20 Å². The first-order valence-corrected chi connectivity index (χ1v) is 4.65. The van der Waals surface area contributed by atoms with Crippen LogP contribution in [0.15, 0.2) is 48.9 Å². The van der Waals surface area contributed by atoms with Crippen molar-refractivity contribution in [3.8, 4) is 0 Å². The largest absolute Gasteiger partial charge is 0.366 e. The molecule has 13 heavy (non-hydrogen) atoms. The van der Waals surface area contributed by atoms with Crippen molar-refractivity contribution < 1.29 is 0 Å². The van der Waals surface area contributed by atoms with Gasteiger partial charge in [-0.2, -0.15) is 0 Å². The van der Waals surface area contributed by atoms with Crippen LogP contribution in [0.5, 0.6) is 0 Å². The molecule has 1 heteroatoms. The molecule has 0 aliphatic rings. The number of allylic oxidation sites excluding steroid dienone is 6. The third-order valence-electron chi connectivity index (χ3n) is 1.09. The van der Waals surface area contributed by atoms with E-state index in [9.17, 15) is 0 Å². The molecule has 0 aliphatic carbocycles. The number of hydrogen-bond acceptors (Lipinski definition) is 1. The van der Waals surface area contributed by atoms with E-state index in [0.717, 1.165) is 5.70 Å². The highest BCUT2D eigenvalue weighted by Gasteiger charge is 1.75. The lowest BCUT2D eigenvalue weighted by atomic mass is 10.4. The van der Waals surface area contributed by atoms with Crippen LogP contribution in [-0.4, -0.2) is 0 Å². The Hall–Kier alpha value is -1.24. The molecule has 0 amide bonds. The van der Waals surface area contributed by atoms with E-state index in [2.05, 4.69) is 11.9 Å². The zero-order chi connectivity index (χ0) is 10.5. The monoisotopic (exact) mass is 179 g/mol. The Balaban J connectivity index is 0. The Morgan fingerprint density at radius 2 is 1.77 bits per heavy atom. The molecule has 0 aromatic carbocycles. The van der Waals surface area contributed by atoms with Gasteiger partial charge in [0, 0.05) is 5.70 Å². The van der Waals surface area contributed by atoms with Crippen molar-refractivity contribution >= 4 is 0 Å². The summed E-state index contributed by atoms with van der Waals surface area (Å²) in [7, 11) is 0. The topological polar surface area (TPSA) is 12.0 Å². The first-order valence-electron chi connectivity index (χ1n) is 4.65. The summed E-state index contributed by atoms with van der Waals surface area (Å²) >= 11 is 0. The summed E-state index contributed by atoms with van der Waals surface area (Å²) in [5.74, 6) is 0. The molecule has 0 saturated carbocycles. The molecule has 1 nitrogen and oxygen atoms in total. The highest BCUT2D eigenvalue weighted by molar-refractivity contribution is 5.14. The molecule has 0 spiro atoms. The summed E-state index contributed by atoms with van der Waals surface area (Å²) in [4.78, 5) is 0. The number of hydrogen-bond donors (Lipinski definition) is 1. The second-order valence-electron chi connectivity index (χ2n) is 2.11. The summed E-state index contributed by atoms with van der Waals surface area (Å²) < 4.78 is 0. The normalized spacial score (nSPS) is 11.2. The van der Waals surface area contributed by atoms with E-state index >= 15 is 0 Å². The van der Waals surface area contributed by atoms with Gasteiger partial charge in [0.15, 0.2) is 0 Å². The van der Waals surface area contributed by atoms with Crippen molar-refractivity contribution in [1.29, 1.82) is 0 Å². The molecule has 0 heterocycles. The molecule has 0 radical (unpaired) electrons. The van der Waals surface area contributed by atoms with Crippen molar-refractivity contribution in [2.45, 2.75) is 27.7 Å². The average molecular weight is 179 g/mol. The van der Waals surface area contributed by atoms with Crippen molar-refractivity contribution in [2.75, 3.05) is 0 Å². The summed E-state index contributed by atoms with van der Waals surface area (Å²) in [6.45, 7) is 11.5. The number of nitrogens with one attached hydrogen (secondary N) is 1. The van der Waals surface area contributed by atoms with Gasteiger partial charge in [-0.05, 0) is 26.1 Å². The summed E-state index contributed by atoms with van der Waals surface area (Å²) in [6.07, 6.45) is 11.6. The van der Waals surface area contributed by atoms with Gasteiger partial charge >= 0.3 is 0 Å². The first-order chi connectivity index (χ1) is 6.31. The van der Waals surface area contributed by atoms with E-state index in [1.807, 2.05) is 58.1 Å². The van der Waals surface area contributed by atoms with Gasteiger partial charge in [-0.15, -0.1) is 0 Å². The van der Waals surface area contributed by atoms with Gasteiger partial charge in [-0.1, -0.05) is 44.7 Å². The van der Waals surface area contributed by atoms with E-state index < -0.39 is 0 Å². The maximum absolute atomic E-state index is 3.56. The van der Waals surface area contributed by atoms with Gasteiger partial charge in [0.1, 0.15) is 0 Å². The standard InChI is InChI=1S/C10H15N.C2H6/c1-4-6-7-8-9-10(3)11-5-2;1-2/h4-9,11H,2H2,1,3H3;1-2H3/b6-4+,8-7-,10-9+;. The van der Waals surface area contributed by atoms with Gasteiger partial charge in [-0.3, -0.25) is 0 Å². The van der Waals surface area contributed by atoms with E-state index in [1.165, 1.54) is 0 Å². The summed E-state index contributed by atoms with van der Waals surface area (Å²) in [5, 5.41) is 2.97. The van der Waals surface area contributed by atoms with Crippen LogP contribution in [0, 0.1) is 0 Å². The van der Waals surface area contributed by atoms with Crippen LogP contribution in [-0.2, 0) is 0 Å². The van der Waals surface area contributed by atoms with E-state index in [0.29, 0.717) is 0 Å². The zero-order valence-electron chi connectivity index (χ0n) is 9.17. The molecule has 1 N–H and O–H groups in total. The van der Waals surface area contributed by atoms with Crippen molar-refractivity contribution in [1.82, 2.24) is 5.32 Å². The van der Waals surface area contributed by atoms with E-state index in [4.69, 9.17) is 0 Å². The van der Waals surface area contributed by atoms with Crippen molar-refractivity contribution in [3.05, 3.63) is 48.9 Å². The molecular formula is C12H21N. The zero-order valence-corrected chi connectivity index (χ0v) is 9.17. The highest BCUT2D eigenvalue weighted by atomic mass is 14.8. The average Bonchev–Trinajstić information content (AvgIpc) is 2.16. The predicted molar refractivity (Wildman–Crippen MR) is 62.4 cm³/mol. The lowest BCUT2D eigenvalue weighted by Gasteiger charge is -1.94. The van der Waals surface area contributed by atoms with Gasteiger partial charge < -0.3 is 5.32 Å². The molecule has 0 atom stereocenters. The lowest BCUT2D eigenvalue weighted by molar-refractivity contribution is 1.06. The highest BCUT2D eigenvalue weighted by Crippen LogP contribution is 1.87. The van der Waals surface area contributed by atoms with Gasteiger partial charge in [0.25, 0.3) is 0 Å². The number of rotatable bonds is 4. The van der Waals surface area contributed by atoms with E-state index in [-0.39, 0.29) is 0 Å². The smallest absolute Gasteiger partial charge is 0.0114 e. The molecule has 74 valence electrons. The van der Waals surface area contributed by atoms with Crippen LogP contribution in [0.25, 0.3) is 0 Å². The van der Waals surface area contributed by atoms with Crippen LogP contribution in [0.2, 0.25) is 0 Å². The minimum absolute atomic E-state index is 1.08. The minimum atomic E-state index is 1.08. The molecular weight excluding hydrogens is 158 g/mol. The quantitative estimate of drug-likeness (QED) is 0.647. The van der Waals surface area contributed by atoms with Crippen LogP contribution in [0.4, 0.5) is 0 Å².